The van der Waals surface area contributed by atoms with E-state index >= 15 is 0 Å². The monoisotopic (exact) mass is 365 g/mol. The van der Waals surface area contributed by atoms with Crippen molar-refractivity contribution in [2.45, 2.75) is 26.5 Å². The molecule has 2 aromatic carbocycles. The van der Waals surface area contributed by atoms with Gasteiger partial charge in [-0.1, -0.05) is 29.3 Å². The van der Waals surface area contributed by atoms with Gasteiger partial charge in [0, 0.05) is 26.6 Å². The minimum atomic E-state index is -0.250. The van der Waals surface area contributed by atoms with Crippen LogP contribution in [0.2, 0.25) is 10.0 Å². The maximum Gasteiger partial charge on any atom is 0.134 e. The second-order valence-corrected chi connectivity index (χ2v) is 6.38. The van der Waals surface area contributed by atoms with E-state index in [1.54, 1.807) is 18.2 Å². The van der Waals surface area contributed by atoms with E-state index in [0.29, 0.717) is 15.8 Å². The third-order valence-electron chi connectivity index (χ3n) is 3.96. The fourth-order valence-corrected chi connectivity index (χ4v) is 3.24. The molecule has 126 valence electrons. The Morgan fingerprint density at radius 1 is 1.21 bits per heavy atom. The lowest BCUT2D eigenvalue weighted by molar-refractivity contribution is 0.133. The van der Waals surface area contributed by atoms with Crippen LogP contribution < -0.4 is 10.2 Å². The molecule has 3 aromatic rings. The first-order valence-electron chi connectivity index (χ1n) is 7.49. The standard InChI is InChI=1S/C18H17Cl2NO3/c1-10(21-22)18-11(2)24-17-7-6-12(8-13(17)18)23-9-14-15(19)4-3-5-16(14)20/h3-8,10,21-22H,9H2,1-2H3/t10-/m0/s1. The molecule has 0 radical (unpaired) electrons. The molecule has 6 heteroatoms. The van der Waals surface area contributed by atoms with Crippen molar-refractivity contribution in [3.05, 3.63) is 63.3 Å². The van der Waals surface area contributed by atoms with E-state index in [9.17, 15) is 5.21 Å². The quantitative estimate of drug-likeness (QED) is 0.572. The van der Waals surface area contributed by atoms with Crippen LogP contribution in [0, 0.1) is 6.92 Å². The molecular formula is C18H17Cl2NO3. The Hall–Kier alpha value is -1.72. The lowest BCUT2D eigenvalue weighted by Crippen LogP contribution is -2.13. The summed E-state index contributed by atoms with van der Waals surface area (Å²) in [5, 5.41) is 11.3. The third-order valence-corrected chi connectivity index (χ3v) is 4.66. The summed E-state index contributed by atoms with van der Waals surface area (Å²) in [6, 6.07) is 10.7. The molecule has 0 fully saturated rings. The maximum atomic E-state index is 9.22. The number of hydroxylamine groups is 1. The van der Waals surface area contributed by atoms with Gasteiger partial charge in [0.15, 0.2) is 0 Å². The predicted octanol–water partition coefficient (Wildman–Crippen LogP) is 5.67. The number of benzene rings is 2. The zero-order valence-electron chi connectivity index (χ0n) is 13.3. The average molecular weight is 366 g/mol. The number of ether oxygens (including phenoxy) is 1. The van der Waals surface area contributed by atoms with E-state index in [1.807, 2.05) is 32.0 Å². The molecule has 0 unspecified atom stereocenters. The van der Waals surface area contributed by atoms with Crippen molar-refractivity contribution in [3.63, 3.8) is 0 Å². The first-order valence-corrected chi connectivity index (χ1v) is 8.25. The van der Waals surface area contributed by atoms with Crippen LogP contribution in [0.1, 0.15) is 29.9 Å². The third kappa shape index (κ3) is 3.23. The number of furan rings is 1. The molecule has 0 aliphatic heterocycles. The maximum absolute atomic E-state index is 9.22. The number of hydrogen-bond acceptors (Lipinski definition) is 4. The molecule has 0 amide bonds. The van der Waals surface area contributed by atoms with E-state index in [1.165, 1.54) is 0 Å². The second kappa shape index (κ2) is 7.03. The Bertz CT molecular complexity index is 856. The number of aryl methyl sites for hydroxylation is 1. The van der Waals surface area contributed by atoms with E-state index < -0.39 is 0 Å². The van der Waals surface area contributed by atoms with Crippen LogP contribution in [0.5, 0.6) is 5.75 Å². The van der Waals surface area contributed by atoms with Crippen molar-refractivity contribution >= 4 is 34.2 Å². The van der Waals surface area contributed by atoms with Crippen LogP contribution in [0.4, 0.5) is 0 Å². The number of halogens is 2. The molecule has 0 aliphatic carbocycles. The zero-order valence-corrected chi connectivity index (χ0v) is 14.8. The normalized spacial score (nSPS) is 12.5. The van der Waals surface area contributed by atoms with E-state index in [2.05, 4.69) is 5.48 Å². The largest absolute Gasteiger partial charge is 0.489 e. The van der Waals surface area contributed by atoms with Gasteiger partial charge in [-0.2, -0.15) is 5.48 Å². The SMILES string of the molecule is Cc1oc2ccc(OCc3c(Cl)cccc3Cl)cc2c1[C@H](C)NO. The van der Waals surface area contributed by atoms with Crippen molar-refractivity contribution in [1.82, 2.24) is 5.48 Å². The van der Waals surface area contributed by atoms with Crippen LogP contribution in [0.3, 0.4) is 0 Å². The molecule has 1 heterocycles. The van der Waals surface area contributed by atoms with Gasteiger partial charge in [-0.3, -0.25) is 0 Å². The van der Waals surface area contributed by atoms with Gasteiger partial charge in [0.1, 0.15) is 23.7 Å². The summed E-state index contributed by atoms with van der Waals surface area (Å²) in [5.41, 5.74) is 4.64. The minimum Gasteiger partial charge on any atom is -0.489 e. The highest BCUT2D eigenvalue weighted by atomic mass is 35.5. The average Bonchev–Trinajstić information content (AvgIpc) is 2.89. The molecule has 0 spiro atoms. The predicted molar refractivity (Wildman–Crippen MR) is 95.1 cm³/mol. The smallest absolute Gasteiger partial charge is 0.134 e. The fourth-order valence-electron chi connectivity index (χ4n) is 2.74. The number of hydrogen-bond donors (Lipinski definition) is 2. The number of nitrogens with one attached hydrogen (secondary N) is 1. The minimum absolute atomic E-state index is 0.250. The van der Waals surface area contributed by atoms with Crippen molar-refractivity contribution in [2.24, 2.45) is 0 Å². The highest BCUT2D eigenvalue weighted by Crippen LogP contribution is 2.33. The van der Waals surface area contributed by atoms with Crippen molar-refractivity contribution in [2.75, 3.05) is 0 Å². The summed E-state index contributed by atoms with van der Waals surface area (Å²) in [5.74, 6) is 1.43. The second-order valence-electron chi connectivity index (χ2n) is 5.57. The Labute approximate surface area is 149 Å². The number of fused-ring (bicyclic) bond motifs is 1. The van der Waals surface area contributed by atoms with Crippen molar-refractivity contribution in [3.8, 4) is 5.75 Å². The Morgan fingerprint density at radius 3 is 2.58 bits per heavy atom. The summed E-state index contributed by atoms with van der Waals surface area (Å²) >= 11 is 12.3. The summed E-state index contributed by atoms with van der Waals surface area (Å²) in [7, 11) is 0. The molecule has 4 nitrogen and oxygen atoms in total. The Kier molecular flexibility index (Phi) is 5.01. The van der Waals surface area contributed by atoms with Crippen LogP contribution in [-0.2, 0) is 6.61 Å². The van der Waals surface area contributed by atoms with Gasteiger partial charge in [-0.25, -0.2) is 0 Å². The van der Waals surface area contributed by atoms with Crippen LogP contribution >= 0.6 is 23.2 Å². The van der Waals surface area contributed by atoms with Crippen molar-refractivity contribution < 1.29 is 14.4 Å². The Morgan fingerprint density at radius 2 is 1.92 bits per heavy atom. The van der Waals surface area contributed by atoms with Crippen LogP contribution in [-0.4, -0.2) is 5.21 Å². The highest BCUT2D eigenvalue weighted by Gasteiger charge is 2.17. The summed E-state index contributed by atoms with van der Waals surface area (Å²) < 4.78 is 11.6. The topological polar surface area (TPSA) is 54.6 Å². The molecular weight excluding hydrogens is 349 g/mol. The van der Waals surface area contributed by atoms with E-state index in [0.717, 1.165) is 27.9 Å². The van der Waals surface area contributed by atoms with Gasteiger partial charge < -0.3 is 14.4 Å². The lowest BCUT2D eigenvalue weighted by Gasteiger charge is -2.11. The highest BCUT2D eigenvalue weighted by molar-refractivity contribution is 6.35. The van der Waals surface area contributed by atoms with Crippen LogP contribution in [0.15, 0.2) is 40.8 Å². The first kappa shape index (κ1) is 17.1. The molecule has 0 bridgehead atoms. The van der Waals surface area contributed by atoms with E-state index in [-0.39, 0.29) is 12.6 Å². The zero-order chi connectivity index (χ0) is 17.3. The fraction of sp³-hybridized carbons (Fsp3) is 0.222. The molecule has 1 aromatic heterocycles. The van der Waals surface area contributed by atoms with Gasteiger partial charge >= 0.3 is 0 Å². The molecule has 0 saturated carbocycles. The molecule has 2 N–H and O–H groups in total. The lowest BCUT2D eigenvalue weighted by atomic mass is 10.0. The molecule has 3 rings (SSSR count). The van der Waals surface area contributed by atoms with Gasteiger partial charge in [0.25, 0.3) is 0 Å². The Balaban J connectivity index is 1.91. The molecule has 1 atom stereocenters. The molecule has 0 aliphatic rings. The summed E-state index contributed by atoms with van der Waals surface area (Å²) in [6.07, 6.45) is 0. The van der Waals surface area contributed by atoms with Gasteiger partial charge in [-0.15, -0.1) is 0 Å². The van der Waals surface area contributed by atoms with Crippen LogP contribution in [0.25, 0.3) is 11.0 Å². The first-order chi connectivity index (χ1) is 11.5. The summed E-state index contributed by atoms with van der Waals surface area (Å²) in [6.45, 7) is 3.99. The van der Waals surface area contributed by atoms with Crippen molar-refractivity contribution in [1.29, 1.82) is 0 Å². The van der Waals surface area contributed by atoms with Gasteiger partial charge in [0.05, 0.1) is 6.04 Å². The van der Waals surface area contributed by atoms with Gasteiger partial charge in [0.2, 0.25) is 0 Å². The molecule has 0 saturated heterocycles. The number of rotatable bonds is 5. The van der Waals surface area contributed by atoms with Gasteiger partial charge in [-0.05, 0) is 44.2 Å². The van der Waals surface area contributed by atoms with E-state index in [4.69, 9.17) is 32.4 Å². The molecule has 24 heavy (non-hydrogen) atoms. The summed E-state index contributed by atoms with van der Waals surface area (Å²) in [4.78, 5) is 0.